The molecule has 1 N–H and O–H groups in total. The normalized spacial score (nSPS) is 11.3. The Bertz CT molecular complexity index is 940. The third-order valence-electron chi connectivity index (χ3n) is 3.98. The molecule has 2 rings (SSSR count). The molecule has 2 aromatic rings. The molecule has 0 aliphatic rings. The van der Waals surface area contributed by atoms with E-state index < -0.39 is 9.84 Å². The van der Waals surface area contributed by atoms with Gasteiger partial charge in [-0.25, -0.2) is 8.42 Å². The minimum atomic E-state index is -3.27. The number of hydrogen-bond donors (Lipinski definition) is 1. The molecule has 0 heterocycles. The van der Waals surface area contributed by atoms with Gasteiger partial charge in [-0.15, -0.1) is 0 Å². The van der Waals surface area contributed by atoms with Crippen LogP contribution in [0.2, 0.25) is 0 Å². The number of sulfone groups is 1. The summed E-state index contributed by atoms with van der Waals surface area (Å²) in [7, 11) is 1.27. The highest BCUT2D eigenvalue weighted by Gasteiger charge is 2.13. The molecule has 28 heavy (non-hydrogen) atoms. The largest absolute Gasteiger partial charge is 0.493 e. The Kier molecular flexibility index (Phi) is 7.06. The lowest BCUT2D eigenvalue weighted by atomic mass is 10.1. The maximum Gasteiger partial charge on any atom is 0.248 e. The second-order valence-electron chi connectivity index (χ2n) is 5.71. The Morgan fingerprint density at radius 2 is 1.57 bits per heavy atom. The fourth-order valence-electron chi connectivity index (χ4n) is 2.47. The van der Waals surface area contributed by atoms with Crippen LogP contribution in [0, 0.1) is 0 Å². The summed E-state index contributed by atoms with van der Waals surface area (Å²) in [6, 6.07) is 9.47. The molecule has 0 bridgehead atoms. The highest BCUT2D eigenvalue weighted by Crippen LogP contribution is 2.38. The fraction of sp³-hybridized carbons (Fsp3) is 0.250. The third-order valence-corrected chi connectivity index (χ3v) is 5.73. The number of carbonyl (C=O) groups is 1. The third kappa shape index (κ3) is 5.04. The molecule has 0 unspecified atom stereocenters. The predicted molar refractivity (Wildman–Crippen MR) is 108 cm³/mol. The summed E-state index contributed by atoms with van der Waals surface area (Å²) in [4.78, 5) is 12.4. The standard InChI is InChI=1S/C20H23NO6S/c1-5-28(23,24)16-9-7-15(8-10-16)21-19(22)11-6-14-12-17(25-2)20(27-4)18(13-14)26-3/h6-13H,5H2,1-4H3,(H,21,22)/b11-6+. The van der Waals surface area contributed by atoms with Crippen LogP contribution < -0.4 is 19.5 Å². The van der Waals surface area contributed by atoms with Crippen molar-refractivity contribution < 1.29 is 27.4 Å². The van der Waals surface area contributed by atoms with E-state index in [-0.39, 0.29) is 16.6 Å². The van der Waals surface area contributed by atoms with E-state index in [1.54, 1.807) is 37.3 Å². The van der Waals surface area contributed by atoms with Crippen molar-refractivity contribution >= 4 is 27.5 Å². The van der Waals surface area contributed by atoms with Crippen LogP contribution in [0.15, 0.2) is 47.4 Å². The first kappa shape index (κ1) is 21.3. The van der Waals surface area contributed by atoms with Crippen molar-refractivity contribution in [2.24, 2.45) is 0 Å². The maximum absolute atomic E-state index is 12.2. The van der Waals surface area contributed by atoms with Crippen LogP contribution in [0.4, 0.5) is 5.69 Å². The molecule has 0 aliphatic carbocycles. The molecule has 2 aromatic carbocycles. The van der Waals surface area contributed by atoms with Crippen LogP contribution in [0.5, 0.6) is 17.2 Å². The van der Waals surface area contributed by atoms with Crippen molar-refractivity contribution in [3.05, 3.63) is 48.0 Å². The number of hydrogen-bond acceptors (Lipinski definition) is 6. The second kappa shape index (κ2) is 9.27. The zero-order valence-corrected chi connectivity index (χ0v) is 17.0. The van der Waals surface area contributed by atoms with E-state index in [9.17, 15) is 13.2 Å². The van der Waals surface area contributed by atoms with Gasteiger partial charge in [-0.1, -0.05) is 6.92 Å². The quantitative estimate of drug-likeness (QED) is 0.679. The monoisotopic (exact) mass is 405 g/mol. The Morgan fingerprint density at radius 1 is 1.00 bits per heavy atom. The Morgan fingerprint density at radius 3 is 2.04 bits per heavy atom. The molecule has 0 spiro atoms. The molecule has 7 nitrogen and oxygen atoms in total. The van der Waals surface area contributed by atoms with Crippen LogP contribution in [0.25, 0.3) is 6.08 Å². The summed E-state index contributed by atoms with van der Waals surface area (Å²) < 4.78 is 39.5. The van der Waals surface area contributed by atoms with Gasteiger partial charge in [-0.2, -0.15) is 0 Å². The number of carbonyl (C=O) groups excluding carboxylic acids is 1. The maximum atomic E-state index is 12.2. The first-order chi connectivity index (χ1) is 13.3. The summed E-state index contributed by atoms with van der Waals surface area (Å²) in [6.07, 6.45) is 2.97. The number of ether oxygens (including phenoxy) is 3. The van der Waals surface area contributed by atoms with Gasteiger partial charge in [0.1, 0.15) is 0 Å². The number of nitrogens with one attached hydrogen (secondary N) is 1. The van der Waals surface area contributed by atoms with Gasteiger partial charge in [0.25, 0.3) is 0 Å². The summed E-state index contributed by atoms with van der Waals surface area (Å²) in [5, 5.41) is 2.68. The lowest BCUT2D eigenvalue weighted by molar-refractivity contribution is -0.111. The fourth-order valence-corrected chi connectivity index (χ4v) is 3.35. The summed E-state index contributed by atoms with van der Waals surface area (Å²) in [5.41, 5.74) is 1.18. The van der Waals surface area contributed by atoms with Crippen molar-refractivity contribution in [2.45, 2.75) is 11.8 Å². The first-order valence-corrected chi connectivity index (χ1v) is 10.1. The lowest BCUT2D eigenvalue weighted by Crippen LogP contribution is -2.08. The number of benzene rings is 2. The lowest BCUT2D eigenvalue weighted by Gasteiger charge is -2.12. The number of methoxy groups -OCH3 is 3. The Hall–Kier alpha value is -3.00. The average Bonchev–Trinajstić information content (AvgIpc) is 2.71. The molecule has 0 aliphatic heterocycles. The SMILES string of the molecule is CCS(=O)(=O)c1ccc(NC(=O)/C=C/c2cc(OC)c(OC)c(OC)c2)cc1. The Labute approximate surface area is 164 Å². The van der Waals surface area contributed by atoms with Crippen molar-refractivity contribution in [3.8, 4) is 17.2 Å². The summed E-state index contributed by atoms with van der Waals surface area (Å²) >= 11 is 0. The number of anilines is 1. The van der Waals surface area contributed by atoms with Gasteiger partial charge in [0.15, 0.2) is 21.3 Å². The van der Waals surface area contributed by atoms with Crippen LogP contribution in [0.1, 0.15) is 12.5 Å². The van der Waals surface area contributed by atoms with Crippen LogP contribution >= 0.6 is 0 Å². The van der Waals surface area contributed by atoms with E-state index in [4.69, 9.17) is 14.2 Å². The molecule has 0 fully saturated rings. The highest BCUT2D eigenvalue weighted by molar-refractivity contribution is 7.91. The van der Waals surface area contributed by atoms with E-state index in [1.807, 2.05) is 0 Å². The van der Waals surface area contributed by atoms with Crippen molar-refractivity contribution in [2.75, 3.05) is 32.4 Å². The minimum absolute atomic E-state index is 0.0240. The topological polar surface area (TPSA) is 90.9 Å². The summed E-state index contributed by atoms with van der Waals surface area (Å²) in [5.74, 6) is 1.09. The molecular formula is C20H23NO6S. The van der Waals surface area contributed by atoms with Gasteiger partial charge >= 0.3 is 0 Å². The van der Waals surface area contributed by atoms with E-state index in [1.165, 1.54) is 39.5 Å². The molecule has 1 amide bonds. The van der Waals surface area contributed by atoms with E-state index in [2.05, 4.69) is 5.32 Å². The molecule has 0 atom stereocenters. The van der Waals surface area contributed by atoms with Crippen molar-refractivity contribution in [1.29, 1.82) is 0 Å². The Balaban J connectivity index is 2.14. The van der Waals surface area contributed by atoms with Crippen LogP contribution in [0.3, 0.4) is 0 Å². The predicted octanol–water partition coefficient (Wildman–Crippen LogP) is 3.16. The van der Waals surface area contributed by atoms with E-state index >= 15 is 0 Å². The molecule has 0 radical (unpaired) electrons. The first-order valence-electron chi connectivity index (χ1n) is 8.46. The number of rotatable bonds is 8. The zero-order valence-electron chi connectivity index (χ0n) is 16.2. The highest BCUT2D eigenvalue weighted by atomic mass is 32.2. The van der Waals surface area contributed by atoms with Crippen molar-refractivity contribution in [3.63, 3.8) is 0 Å². The van der Waals surface area contributed by atoms with E-state index in [0.717, 1.165) is 0 Å². The molecule has 0 saturated carbocycles. The van der Waals surface area contributed by atoms with Gasteiger partial charge in [0, 0.05) is 11.8 Å². The minimum Gasteiger partial charge on any atom is -0.493 e. The molecule has 0 aromatic heterocycles. The summed E-state index contributed by atoms with van der Waals surface area (Å²) in [6.45, 7) is 1.58. The van der Waals surface area contributed by atoms with Crippen LogP contribution in [-0.2, 0) is 14.6 Å². The van der Waals surface area contributed by atoms with Gasteiger partial charge < -0.3 is 19.5 Å². The van der Waals surface area contributed by atoms with Crippen molar-refractivity contribution in [1.82, 2.24) is 0 Å². The van der Waals surface area contributed by atoms with Gasteiger partial charge in [-0.05, 0) is 48.0 Å². The zero-order chi connectivity index (χ0) is 20.7. The van der Waals surface area contributed by atoms with Crippen LogP contribution in [-0.4, -0.2) is 41.4 Å². The number of amides is 1. The molecule has 8 heteroatoms. The molecular weight excluding hydrogens is 382 g/mol. The second-order valence-corrected chi connectivity index (χ2v) is 7.99. The molecule has 0 saturated heterocycles. The van der Waals surface area contributed by atoms with Gasteiger partial charge in [0.2, 0.25) is 11.7 Å². The van der Waals surface area contributed by atoms with Gasteiger partial charge in [-0.3, -0.25) is 4.79 Å². The smallest absolute Gasteiger partial charge is 0.248 e. The molecule has 150 valence electrons. The van der Waals surface area contributed by atoms with E-state index in [0.29, 0.717) is 28.5 Å². The van der Waals surface area contributed by atoms with Gasteiger partial charge in [0.05, 0.1) is 32.0 Å². The average molecular weight is 405 g/mol.